The zero-order valence-corrected chi connectivity index (χ0v) is 24.6. The number of nitrogens with one attached hydrogen (secondary N) is 2. The van der Waals surface area contributed by atoms with Gasteiger partial charge in [-0.1, -0.05) is 30.3 Å². The maximum Gasteiger partial charge on any atom is 0.255 e. The van der Waals surface area contributed by atoms with Gasteiger partial charge in [-0.2, -0.15) is 15.0 Å². The van der Waals surface area contributed by atoms with Crippen molar-refractivity contribution in [2.45, 2.75) is 37.0 Å². The topological polar surface area (TPSA) is 190 Å². The third-order valence-electron chi connectivity index (χ3n) is 7.62. The van der Waals surface area contributed by atoms with E-state index in [0.29, 0.717) is 55.3 Å². The largest absolute Gasteiger partial charge is 0.338 e. The number of amides is 1. The fourth-order valence-electron chi connectivity index (χ4n) is 5.68. The lowest BCUT2D eigenvalue weighted by molar-refractivity contribution is 0.102. The summed E-state index contributed by atoms with van der Waals surface area (Å²) in [4.78, 5) is 31.1. The summed E-state index contributed by atoms with van der Waals surface area (Å²) < 4.78 is 0. The molecule has 4 aromatic rings. The second-order valence-corrected chi connectivity index (χ2v) is 11.3. The van der Waals surface area contributed by atoms with Gasteiger partial charge in [-0.05, 0) is 60.0 Å². The molecule has 2 saturated heterocycles. The van der Waals surface area contributed by atoms with Crippen molar-refractivity contribution in [1.82, 2.24) is 15.0 Å². The fraction of sp³-hybridized carbons (Fsp3) is 0.333. The van der Waals surface area contributed by atoms with Crippen LogP contribution in [0.25, 0.3) is 10.8 Å². The molecule has 226 valence electrons. The van der Waals surface area contributed by atoms with E-state index in [2.05, 4.69) is 10.6 Å². The zero-order chi connectivity index (χ0) is 29.2. The minimum atomic E-state index is -0.177. The summed E-state index contributed by atoms with van der Waals surface area (Å²) in [7, 11) is 0. The molecule has 6 rings (SSSR count). The number of carbonyl (C=O) groups is 1. The normalized spacial score (nSPS) is 22.1. The predicted molar refractivity (Wildman–Crippen MR) is 174 cm³/mol. The van der Waals surface area contributed by atoms with Crippen LogP contribution in [0.4, 0.5) is 29.2 Å². The standard InChI is InChI=1S/C30H37N11O.ClH/c31-21-12-22(32)15-40(14-21)29-37-28(38-30(39-29)41-16-23(33)13-24(34)17-41)36-26-9-7-25(8-10-26)35-27(42)20-6-5-18-3-1-2-4-19(18)11-20;/h1-11,21-24H,12-17,31-34H2,(H,35,42)(H,36,37,38,39);1H/t21-,22+,23-,24+;. The maximum atomic E-state index is 12.9. The molecule has 13 heteroatoms. The number of hydrogen-bond acceptors (Lipinski definition) is 11. The van der Waals surface area contributed by atoms with Gasteiger partial charge in [0.05, 0.1) is 0 Å². The third kappa shape index (κ3) is 7.29. The number of piperidine rings is 2. The Labute approximate surface area is 256 Å². The number of fused-ring (bicyclic) bond motifs is 1. The number of rotatable bonds is 6. The molecule has 4 atom stereocenters. The SMILES string of the molecule is Cl.N[C@@H]1C[C@H](N)CN(c2nc(Nc3ccc(NC(=O)c4ccc5ccccc5c4)cc3)nc(N3C[C@H](N)C[C@H](N)C3)n2)C1. The third-order valence-corrected chi connectivity index (χ3v) is 7.62. The van der Waals surface area contributed by atoms with E-state index in [1.807, 2.05) is 76.5 Å². The summed E-state index contributed by atoms with van der Waals surface area (Å²) >= 11 is 0. The molecule has 0 spiro atoms. The Morgan fingerprint density at radius 2 is 1.19 bits per heavy atom. The van der Waals surface area contributed by atoms with E-state index in [-0.39, 0.29) is 42.5 Å². The van der Waals surface area contributed by atoms with Gasteiger partial charge >= 0.3 is 0 Å². The Hall–Kier alpha value is -4.07. The first-order chi connectivity index (χ1) is 20.3. The van der Waals surface area contributed by atoms with Crippen LogP contribution in [0.5, 0.6) is 0 Å². The molecule has 3 heterocycles. The Kier molecular flexibility index (Phi) is 9.23. The van der Waals surface area contributed by atoms with Crippen molar-refractivity contribution in [3.8, 4) is 0 Å². The predicted octanol–water partition coefficient (Wildman–Crippen LogP) is 2.17. The molecular formula is C30H38ClN11O. The van der Waals surface area contributed by atoms with Crippen LogP contribution in [0.3, 0.4) is 0 Å². The lowest BCUT2D eigenvalue weighted by atomic mass is 10.0. The monoisotopic (exact) mass is 603 g/mol. The van der Waals surface area contributed by atoms with Crippen LogP contribution in [-0.4, -0.2) is 71.2 Å². The summed E-state index contributed by atoms with van der Waals surface area (Å²) in [6.45, 7) is 2.39. The van der Waals surface area contributed by atoms with E-state index in [4.69, 9.17) is 37.9 Å². The highest BCUT2D eigenvalue weighted by Crippen LogP contribution is 2.25. The van der Waals surface area contributed by atoms with Gasteiger partial charge in [-0.3, -0.25) is 4.79 Å². The van der Waals surface area contributed by atoms with Crippen molar-refractivity contribution in [2.75, 3.05) is 46.6 Å². The summed E-state index contributed by atoms with van der Waals surface area (Å²) in [5.74, 6) is 1.20. The molecule has 3 aromatic carbocycles. The molecule has 1 amide bonds. The highest BCUT2D eigenvalue weighted by Gasteiger charge is 2.28. The number of halogens is 1. The van der Waals surface area contributed by atoms with Crippen molar-refractivity contribution in [2.24, 2.45) is 22.9 Å². The molecule has 0 radical (unpaired) electrons. The van der Waals surface area contributed by atoms with E-state index in [1.54, 1.807) is 0 Å². The quantitative estimate of drug-likeness (QED) is 0.189. The molecule has 0 unspecified atom stereocenters. The zero-order valence-electron chi connectivity index (χ0n) is 23.8. The van der Waals surface area contributed by atoms with Gasteiger partial charge in [-0.25, -0.2) is 0 Å². The molecule has 43 heavy (non-hydrogen) atoms. The Balaban J connectivity index is 0.00000368. The average molecular weight is 604 g/mol. The van der Waals surface area contributed by atoms with E-state index < -0.39 is 0 Å². The summed E-state index contributed by atoms with van der Waals surface area (Å²) in [5.41, 5.74) is 27.1. The first kappa shape index (κ1) is 30.4. The first-order valence-electron chi connectivity index (χ1n) is 14.2. The van der Waals surface area contributed by atoms with Gasteiger partial charge in [0.1, 0.15) is 0 Å². The van der Waals surface area contributed by atoms with Crippen molar-refractivity contribution in [3.63, 3.8) is 0 Å². The molecular weight excluding hydrogens is 566 g/mol. The van der Waals surface area contributed by atoms with Crippen LogP contribution < -0.4 is 43.4 Å². The second-order valence-electron chi connectivity index (χ2n) is 11.3. The number of benzene rings is 3. The number of aromatic nitrogens is 3. The molecule has 0 saturated carbocycles. The Morgan fingerprint density at radius 1 is 0.674 bits per heavy atom. The van der Waals surface area contributed by atoms with Gasteiger partial charge in [0, 0.05) is 67.3 Å². The van der Waals surface area contributed by atoms with Gasteiger partial charge < -0.3 is 43.4 Å². The van der Waals surface area contributed by atoms with Crippen LogP contribution in [0.1, 0.15) is 23.2 Å². The Morgan fingerprint density at radius 3 is 1.74 bits per heavy atom. The number of nitrogens with two attached hydrogens (primary N) is 4. The minimum Gasteiger partial charge on any atom is -0.338 e. The van der Waals surface area contributed by atoms with Gasteiger partial charge in [0.25, 0.3) is 5.91 Å². The van der Waals surface area contributed by atoms with Gasteiger partial charge in [-0.15, -0.1) is 12.4 Å². The van der Waals surface area contributed by atoms with Crippen LogP contribution in [0.2, 0.25) is 0 Å². The first-order valence-corrected chi connectivity index (χ1v) is 14.2. The summed E-state index contributed by atoms with van der Waals surface area (Å²) in [6, 6.07) is 20.7. The molecule has 0 bridgehead atoms. The van der Waals surface area contributed by atoms with Crippen molar-refractivity contribution < 1.29 is 4.79 Å². The summed E-state index contributed by atoms with van der Waals surface area (Å²) in [6.07, 6.45) is 1.50. The highest BCUT2D eigenvalue weighted by atomic mass is 35.5. The molecule has 1 aromatic heterocycles. The second kappa shape index (κ2) is 13.1. The van der Waals surface area contributed by atoms with Crippen LogP contribution in [0.15, 0.2) is 66.7 Å². The van der Waals surface area contributed by atoms with Crippen molar-refractivity contribution in [3.05, 3.63) is 72.3 Å². The number of anilines is 5. The molecule has 10 N–H and O–H groups in total. The molecule has 2 fully saturated rings. The number of hydrogen-bond donors (Lipinski definition) is 6. The smallest absolute Gasteiger partial charge is 0.255 e. The lowest BCUT2D eigenvalue weighted by Crippen LogP contribution is -2.54. The Bertz CT molecular complexity index is 1510. The van der Waals surface area contributed by atoms with E-state index in [1.165, 1.54) is 0 Å². The lowest BCUT2D eigenvalue weighted by Gasteiger charge is -2.37. The van der Waals surface area contributed by atoms with Gasteiger partial charge in [0.2, 0.25) is 17.8 Å². The van der Waals surface area contributed by atoms with E-state index >= 15 is 0 Å². The number of nitrogens with zero attached hydrogens (tertiary/aromatic N) is 5. The summed E-state index contributed by atoms with van der Waals surface area (Å²) in [5, 5.41) is 8.36. The molecule has 0 aliphatic carbocycles. The van der Waals surface area contributed by atoms with E-state index in [0.717, 1.165) is 29.3 Å². The van der Waals surface area contributed by atoms with Crippen molar-refractivity contribution in [1.29, 1.82) is 0 Å². The molecule has 2 aliphatic rings. The maximum absolute atomic E-state index is 12.9. The number of carbonyl (C=O) groups excluding carboxylic acids is 1. The van der Waals surface area contributed by atoms with Crippen LogP contribution in [-0.2, 0) is 0 Å². The molecule has 12 nitrogen and oxygen atoms in total. The fourth-order valence-corrected chi connectivity index (χ4v) is 5.68. The molecule has 2 aliphatic heterocycles. The van der Waals surface area contributed by atoms with Crippen molar-refractivity contribution >= 4 is 58.3 Å². The average Bonchev–Trinajstić information content (AvgIpc) is 2.97. The highest BCUT2D eigenvalue weighted by molar-refractivity contribution is 6.06. The van der Waals surface area contributed by atoms with E-state index in [9.17, 15) is 4.79 Å². The van der Waals surface area contributed by atoms with Crippen LogP contribution >= 0.6 is 12.4 Å². The minimum absolute atomic E-state index is 0. The van der Waals surface area contributed by atoms with Crippen LogP contribution in [0, 0.1) is 0 Å². The van der Waals surface area contributed by atoms with Gasteiger partial charge in [0.15, 0.2) is 0 Å².